The first-order valence-electron chi connectivity index (χ1n) is 5.25. The van der Waals surface area contributed by atoms with Gasteiger partial charge in [-0.25, -0.2) is 4.79 Å². The Balaban J connectivity index is 2.25. The highest BCUT2D eigenvalue weighted by atomic mass is 16.5. The molecule has 0 radical (unpaired) electrons. The van der Waals surface area contributed by atoms with E-state index in [-0.39, 0.29) is 17.7 Å². The smallest absolute Gasteiger partial charge is 0.345 e. The maximum atomic E-state index is 11.5. The summed E-state index contributed by atoms with van der Waals surface area (Å²) in [5.41, 5.74) is 5.50. The van der Waals surface area contributed by atoms with Crippen LogP contribution in [-0.2, 0) is 4.74 Å². The maximum Gasteiger partial charge on any atom is 0.345 e. The van der Waals surface area contributed by atoms with Gasteiger partial charge in [-0.3, -0.25) is 0 Å². The van der Waals surface area contributed by atoms with Gasteiger partial charge in [0.2, 0.25) is 0 Å². The number of likely N-dealkylation sites (N-methyl/N-ethyl adjacent to an activating group) is 1. The van der Waals surface area contributed by atoms with Crippen molar-refractivity contribution in [2.75, 3.05) is 14.2 Å². The fourth-order valence-corrected chi connectivity index (χ4v) is 2.58. The summed E-state index contributed by atoms with van der Waals surface area (Å²) in [6.07, 6.45) is 3.90. The lowest BCUT2D eigenvalue weighted by atomic mass is 9.79. The molecule has 1 spiro atoms. The largest absolute Gasteiger partial charge is 0.385 e. The first kappa shape index (κ1) is 10.4. The molecule has 2 amide bonds. The highest BCUT2D eigenvalue weighted by Crippen LogP contribution is 2.37. The second kappa shape index (κ2) is 3.48. The molecule has 1 saturated carbocycles. The van der Waals surface area contributed by atoms with Crippen LogP contribution < -0.4 is 5.73 Å². The van der Waals surface area contributed by atoms with Crippen molar-refractivity contribution in [1.82, 2.24) is 4.90 Å². The van der Waals surface area contributed by atoms with Crippen LogP contribution in [0.4, 0.5) is 4.79 Å². The third-order valence-corrected chi connectivity index (χ3v) is 3.64. The molecule has 2 rings (SSSR count). The molecule has 0 aromatic heterocycles. The van der Waals surface area contributed by atoms with E-state index >= 15 is 0 Å². The second-order valence-electron chi connectivity index (χ2n) is 4.32. The summed E-state index contributed by atoms with van der Waals surface area (Å²) in [6.45, 7) is 0. The fraction of sp³-hybridized carbons (Fsp3) is 0.800. The highest BCUT2D eigenvalue weighted by molar-refractivity contribution is 6.05. The number of aliphatic imine (C=N–C) groups is 1. The van der Waals surface area contributed by atoms with Crippen molar-refractivity contribution in [2.24, 2.45) is 10.7 Å². The van der Waals surface area contributed by atoms with Crippen molar-refractivity contribution in [1.29, 1.82) is 0 Å². The molecule has 0 bridgehead atoms. The molecule has 1 heterocycles. The van der Waals surface area contributed by atoms with Gasteiger partial charge in [0.1, 0.15) is 11.4 Å². The van der Waals surface area contributed by atoms with Gasteiger partial charge in [0.15, 0.2) is 0 Å². The monoisotopic (exact) mass is 211 g/mol. The van der Waals surface area contributed by atoms with Crippen molar-refractivity contribution in [3.05, 3.63) is 0 Å². The number of urea groups is 1. The van der Waals surface area contributed by atoms with Crippen LogP contribution in [0.2, 0.25) is 0 Å². The Morgan fingerprint density at radius 1 is 1.67 bits per heavy atom. The molecule has 2 N–H and O–H groups in total. The third-order valence-electron chi connectivity index (χ3n) is 3.64. The Labute approximate surface area is 89.3 Å². The zero-order chi connectivity index (χ0) is 11.1. The van der Waals surface area contributed by atoms with Crippen LogP contribution in [0.1, 0.15) is 25.7 Å². The van der Waals surface area contributed by atoms with Gasteiger partial charge >= 0.3 is 6.03 Å². The van der Waals surface area contributed by atoms with Crippen molar-refractivity contribution >= 4 is 11.9 Å². The number of ether oxygens (including phenoxy) is 1. The molecule has 1 fully saturated rings. The lowest BCUT2D eigenvalue weighted by Crippen LogP contribution is -2.56. The van der Waals surface area contributed by atoms with Gasteiger partial charge in [-0.15, -0.1) is 0 Å². The van der Waals surface area contributed by atoms with Crippen LogP contribution >= 0.6 is 0 Å². The lowest BCUT2D eigenvalue weighted by Gasteiger charge is -2.41. The van der Waals surface area contributed by atoms with Gasteiger partial charge in [-0.05, 0) is 19.3 Å². The number of methoxy groups -OCH3 is 1. The van der Waals surface area contributed by atoms with Crippen LogP contribution in [0.25, 0.3) is 0 Å². The molecule has 0 aromatic carbocycles. The number of hydrogen-bond donors (Lipinski definition) is 1. The molecule has 2 aliphatic rings. The number of carbonyl (C=O) groups excluding carboxylic acids is 1. The molecule has 15 heavy (non-hydrogen) atoms. The summed E-state index contributed by atoms with van der Waals surface area (Å²) >= 11 is 0. The summed E-state index contributed by atoms with van der Waals surface area (Å²) in [5, 5.41) is 0. The van der Waals surface area contributed by atoms with Gasteiger partial charge < -0.3 is 15.4 Å². The number of amides is 2. The number of nitrogens with zero attached hydrogens (tertiary/aromatic N) is 2. The van der Waals surface area contributed by atoms with Crippen LogP contribution in [0.15, 0.2) is 4.99 Å². The van der Waals surface area contributed by atoms with Crippen molar-refractivity contribution in [2.45, 2.75) is 37.3 Å². The van der Waals surface area contributed by atoms with E-state index in [1.54, 1.807) is 19.1 Å². The molecule has 84 valence electrons. The number of hydrogen-bond acceptors (Lipinski definition) is 3. The molecule has 2 atom stereocenters. The average molecular weight is 211 g/mol. The van der Waals surface area contributed by atoms with E-state index in [1.807, 2.05) is 0 Å². The van der Waals surface area contributed by atoms with E-state index in [0.717, 1.165) is 25.7 Å². The fourth-order valence-electron chi connectivity index (χ4n) is 2.58. The van der Waals surface area contributed by atoms with Crippen LogP contribution in [0, 0.1) is 0 Å². The minimum atomic E-state index is -0.379. The SMILES string of the molecule is COC1CCCC2(C1)C(N)=NC(=O)N2C. The summed E-state index contributed by atoms with van der Waals surface area (Å²) in [6, 6.07) is -0.232. The van der Waals surface area contributed by atoms with Crippen LogP contribution in [0.3, 0.4) is 0 Å². The molecule has 1 aliphatic heterocycles. The topological polar surface area (TPSA) is 67.9 Å². The van der Waals surface area contributed by atoms with E-state index in [9.17, 15) is 4.79 Å². The standard InChI is InChI=1S/C10H17N3O2/c1-13-9(14)12-8(11)10(13)5-3-4-7(6-10)15-2/h7H,3-6H2,1-2H3,(H2,11,12,14). The predicted molar refractivity (Wildman–Crippen MR) is 56.8 cm³/mol. The zero-order valence-corrected chi connectivity index (χ0v) is 9.19. The number of rotatable bonds is 1. The summed E-state index contributed by atoms with van der Waals surface area (Å²) in [5.74, 6) is 0.455. The zero-order valence-electron chi connectivity index (χ0n) is 9.19. The van der Waals surface area contributed by atoms with Crippen LogP contribution in [-0.4, -0.2) is 42.6 Å². The highest BCUT2D eigenvalue weighted by Gasteiger charge is 2.49. The van der Waals surface area contributed by atoms with Crippen molar-refractivity contribution < 1.29 is 9.53 Å². The molecule has 2 unspecified atom stereocenters. The Kier molecular flexibility index (Phi) is 2.42. The van der Waals surface area contributed by atoms with Gasteiger partial charge in [0.25, 0.3) is 0 Å². The van der Waals surface area contributed by atoms with Gasteiger partial charge in [0, 0.05) is 20.6 Å². The first-order chi connectivity index (χ1) is 7.10. The molecule has 5 heteroatoms. The molecule has 1 aliphatic carbocycles. The molecular formula is C10H17N3O2. The van der Waals surface area contributed by atoms with Crippen molar-refractivity contribution in [3.8, 4) is 0 Å². The summed E-state index contributed by atoms with van der Waals surface area (Å²) < 4.78 is 5.36. The minimum absolute atomic E-state index is 0.181. The average Bonchev–Trinajstić information content (AvgIpc) is 2.44. The Hall–Kier alpha value is -1.10. The number of carbonyl (C=O) groups is 1. The third kappa shape index (κ3) is 1.42. The number of amidine groups is 1. The minimum Gasteiger partial charge on any atom is -0.385 e. The lowest BCUT2D eigenvalue weighted by molar-refractivity contribution is 0.0284. The van der Waals surface area contributed by atoms with Crippen molar-refractivity contribution in [3.63, 3.8) is 0 Å². The Morgan fingerprint density at radius 3 is 2.93 bits per heavy atom. The first-order valence-corrected chi connectivity index (χ1v) is 5.25. The van der Waals surface area contributed by atoms with E-state index in [1.165, 1.54) is 0 Å². The molecule has 0 saturated heterocycles. The predicted octanol–water partition coefficient (Wildman–Crippen LogP) is 0.737. The number of nitrogens with two attached hydrogens (primary N) is 1. The van der Waals surface area contributed by atoms with E-state index in [4.69, 9.17) is 10.5 Å². The summed E-state index contributed by atoms with van der Waals surface area (Å²) in [7, 11) is 3.47. The van der Waals surface area contributed by atoms with E-state index < -0.39 is 0 Å². The van der Waals surface area contributed by atoms with E-state index in [0.29, 0.717) is 5.84 Å². The summed E-state index contributed by atoms with van der Waals surface area (Å²) in [4.78, 5) is 17.0. The normalized spacial score (nSPS) is 36.1. The molecule has 0 aromatic rings. The van der Waals surface area contributed by atoms with E-state index in [2.05, 4.69) is 4.99 Å². The quantitative estimate of drug-likeness (QED) is 0.695. The maximum absolute atomic E-state index is 11.5. The Morgan fingerprint density at radius 2 is 2.40 bits per heavy atom. The van der Waals surface area contributed by atoms with Gasteiger partial charge in [0.05, 0.1) is 6.10 Å². The van der Waals surface area contributed by atoms with Crippen LogP contribution in [0.5, 0.6) is 0 Å². The van der Waals surface area contributed by atoms with Gasteiger partial charge in [-0.1, -0.05) is 0 Å². The molecule has 5 nitrogen and oxygen atoms in total. The Bertz CT molecular complexity index is 316. The molecular weight excluding hydrogens is 194 g/mol. The second-order valence-corrected chi connectivity index (χ2v) is 4.32. The van der Waals surface area contributed by atoms with Gasteiger partial charge in [-0.2, -0.15) is 4.99 Å².